The van der Waals surface area contributed by atoms with Gasteiger partial charge in [-0.3, -0.25) is 4.79 Å². The number of nitrogens with two attached hydrogens (primary N) is 1. The van der Waals surface area contributed by atoms with Crippen LogP contribution in [0.2, 0.25) is 10.0 Å². The van der Waals surface area contributed by atoms with E-state index in [9.17, 15) is 9.18 Å². The molecule has 6 heteroatoms. The largest absolute Gasteiger partial charge is 0.396 e. The van der Waals surface area contributed by atoms with Crippen molar-refractivity contribution in [1.82, 2.24) is 5.32 Å². The Kier molecular flexibility index (Phi) is 4.70. The van der Waals surface area contributed by atoms with E-state index in [4.69, 9.17) is 28.9 Å². The number of amides is 1. The average Bonchev–Trinajstić information content (AvgIpc) is 2.44. The highest BCUT2D eigenvalue weighted by Crippen LogP contribution is 2.29. The Morgan fingerprint density at radius 1 is 1.19 bits per heavy atom. The third-order valence-electron chi connectivity index (χ3n) is 3.06. The zero-order chi connectivity index (χ0) is 15.6. The minimum Gasteiger partial charge on any atom is -0.396 e. The summed E-state index contributed by atoms with van der Waals surface area (Å²) < 4.78 is 12.9. The van der Waals surface area contributed by atoms with Crippen LogP contribution in [0.5, 0.6) is 0 Å². The molecule has 0 fully saturated rings. The second kappa shape index (κ2) is 6.33. The van der Waals surface area contributed by atoms with Gasteiger partial charge >= 0.3 is 0 Å². The first kappa shape index (κ1) is 15.6. The van der Waals surface area contributed by atoms with Crippen molar-refractivity contribution in [2.45, 2.75) is 13.0 Å². The average molecular weight is 327 g/mol. The van der Waals surface area contributed by atoms with Gasteiger partial charge in [0.05, 0.1) is 21.8 Å². The van der Waals surface area contributed by atoms with Gasteiger partial charge in [-0.15, -0.1) is 0 Å². The number of anilines is 1. The highest BCUT2D eigenvalue weighted by molar-refractivity contribution is 6.39. The van der Waals surface area contributed by atoms with Gasteiger partial charge in [-0.25, -0.2) is 4.39 Å². The summed E-state index contributed by atoms with van der Waals surface area (Å²) in [6.45, 7) is 1.80. The summed E-state index contributed by atoms with van der Waals surface area (Å²) in [5, 5.41) is 3.23. The molecule has 0 aliphatic rings. The van der Waals surface area contributed by atoms with Crippen LogP contribution in [0.15, 0.2) is 36.4 Å². The lowest BCUT2D eigenvalue weighted by Gasteiger charge is -2.15. The fourth-order valence-corrected chi connectivity index (χ4v) is 2.32. The summed E-state index contributed by atoms with van der Waals surface area (Å²) in [5.41, 5.74) is 6.97. The number of rotatable bonds is 3. The maximum atomic E-state index is 12.9. The van der Waals surface area contributed by atoms with E-state index in [1.165, 1.54) is 24.3 Å². The minimum atomic E-state index is -0.337. The molecule has 0 saturated carbocycles. The monoisotopic (exact) mass is 326 g/mol. The second-order valence-electron chi connectivity index (χ2n) is 4.60. The summed E-state index contributed by atoms with van der Waals surface area (Å²) >= 11 is 11.8. The molecule has 1 atom stereocenters. The van der Waals surface area contributed by atoms with E-state index in [2.05, 4.69) is 5.32 Å². The van der Waals surface area contributed by atoms with Crippen molar-refractivity contribution in [3.8, 4) is 0 Å². The van der Waals surface area contributed by atoms with Crippen LogP contribution in [0.3, 0.4) is 0 Å². The van der Waals surface area contributed by atoms with Crippen LogP contribution in [-0.4, -0.2) is 5.91 Å². The minimum absolute atomic E-state index is 0.224. The van der Waals surface area contributed by atoms with E-state index in [1.807, 2.05) is 0 Å². The van der Waals surface area contributed by atoms with Crippen molar-refractivity contribution >= 4 is 34.8 Å². The van der Waals surface area contributed by atoms with E-state index in [1.54, 1.807) is 19.1 Å². The van der Waals surface area contributed by atoms with Crippen molar-refractivity contribution in [3.05, 3.63) is 63.4 Å². The van der Waals surface area contributed by atoms with Crippen LogP contribution in [0.4, 0.5) is 10.1 Å². The van der Waals surface area contributed by atoms with Crippen molar-refractivity contribution in [2.24, 2.45) is 0 Å². The maximum absolute atomic E-state index is 12.9. The molecule has 3 N–H and O–H groups in total. The molecule has 1 amide bonds. The molecule has 0 radical (unpaired) electrons. The zero-order valence-electron chi connectivity index (χ0n) is 11.2. The van der Waals surface area contributed by atoms with Crippen LogP contribution in [0, 0.1) is 5.82 Å². The van der Waals surface area contributed by atoms with Gasteiger partial charge in [-0.1, -0.05) is 35.3 Å². The summed E-state index contributed by atoms with van der Waals surface area (Å²) in [6, 6.07) is 8.54. The lowest BCUT2D eigenvalue weighted by Crippen LogP contribution is -2.26. The summed E-state index contributed by atoms with van der Waals surface area (Å²) in [5.74, 6) is -0.662. The first-order chi connectivity index (χ1) is 9.88. The second-order valence-corrected chi connectivity index (χ2v) is 5.41. The Morgan fingerprint density at radius 2 is 1.71 bits per heavy atom. The predicted molar refractivity (Wildman–Crippen MR) is 83.2 cm³/mol. The molecule has 0 heterocycles. The number of nitrogen functional groups attached to an aromatic ring is 1. The Bertz CT molecular complexity index is 651. The van der Waals surface area contributed by atoms with Gasteiger partial charge in [0, 0.05) is 5.56 Å². The number of halogens is 3. The zero-order valence-corrected chi connectivity index (χ0v) is 12.7. The van der Waals surface area contributed by atoms with Crippen LogP contribution in [-0.2, 0) is 0 Å². The number of carbonyl (C=O) groups is 1. The molecular formula is C15H13Cl2FN2O. The van der Waals surface area contributed by atoms with Crippen molar-refractivity contribution in [3.63, 3.8) is 0 Å². The Labute approximate surface area is 131 Å². The first-order valence-electron chi connectivity index (χ1n) is 6.19. The topological polar surface area (TPSA) is 55.1 Å². The Balaban J connectivity index is 2.16. The van der Waals surface area contributed by atoms with Crippen LogP contribution < -0.4 is 11.1 Å². The fraction of sp³-hybridized carbons (Fsp3) is 0.133. The molecule has 0 aliphatic carbocycles. The number of nitrogens with one attached hydrogen (secondary N) is 1. The Morgan fingerprint density at radius 3 is 2.24 bits per heavy atom. The van der Waals surface area contributed by atoms with Crippen LogP contribution in [0.25, 0.3) is 0 Å². The summed E-state index contributed by atoms with van der Waals surface area (Å²) in [7, 11) is 0. The molecule has 2 aromatic carbocycles. The third kappa shape index (κ3) is 3.65. The number of carbonyl (C=O) groups excluding carboxylic acids is 1. The first-order valence-corrected chi connectivity index (χ1v) is 6.95. The van der Waals surface area contributed by atoms with E-state index in [0.717, 1.165) is 5.56 Å². The molecule has 0 aromatic heterocycles. The fourth-order valence-electron chi connectivity index (χ4n) is 1.83. The summed E-state index contributed by atoms with van der Waals surface area (Å²) in [4.78, 5) is 12.2. The van der Waals surface area contributed by atoms with E-state index >= 15 is 0 Å². The van der Waals surface area contributed by atoms with Crippen molar-refractivity contribution < 1.29 is 9.18 Å². The molecule has 21 heavy (non-hydrogen) atoms. The molecule has 0 saturated heterocycles. The molecule has 2 rings (SSSR count). The van der Waals surface area contributed by atoms with E-state index in [-0.39, 0.29) is 33.5 Å². The van der Waals surface area contributed by atoms with Gasteiger partial charge in [-0.2, -0.15) is 0 Å². The van der Waals surface area contributed by atoms with E-state index in [0.29, 0.717) is 5.56 Å². The lowest BCUT2D eigenvalue weighted by molar-refractivity contribution is 0.0940. The molecule has 0 aliphatic heterocycles. The highest BCUT2D eigenvalue weighted by atomic mass is 35.5. The molecule has 110 valence electrons. The lowest BCUT2D eigenvalue weighted by atomic mass is 10.1. The summed E-state index contributed by atoms with van der Waals surface area (Å²) in [6.07, 6.45) is 0. The molecule has 2 aromatic rings. The van der Waals surface area contributed by atoms with Crippen molar-refractivity contribution in [1.29, 1.82) is 0 Å². The van der Waals surface area contributed by atoms with Gasteiger partial charge < -0.3 is 11.1 Å². The van der Waals surface area contributed by atoms with Crippen LogP contribution >= 0.6 is 23.2 Å². The SMILES string of the molecule is C[C@@H](NC(=O)c1cc(Cl)c(N)c(Cl)c1)c1ccc(F)cc1. The molecule has 0 unspecified atom stereocenters. The molecular weight excluding hydrogens is 314 g/mol. The number of benzene rings is 2. The molecule has 3 nitrogen and oxygen atoms in total. The smallest absolute Gasteiger partial charge is 0.251 e. The molecule has 0 spiro atoms. The standard InChI is InChI=1S/C15H13Cl2FN2O/c1-8(9-2-4-11(18)5-3-9)20-15(21)10-6-12(16)14(19)13(17)7-10/h2-8H,19H2,1H3,(H,20,21)/t8-/m1/s1. The normalized spacial score (nSPS) is 12.0. The van der Waals surface area contributed by atoms with Gasteiger partial charge in [0.15, 0.2) is 0 Å². The van der Waals surface area contributed by atoms with E-state index < -0.39 is 0 Å². The Hall–Kier alpha value is -1.78. The highest BCUT2D eigenvalue weighted by Gasteiger charge is 2.14. The number of hydrogen-bond acceptors (Lipinski definition) is 2. The molecule has 0 bridgehead atoms. The number of hydrogen-bond donors (Lipinski definition) is 2. The third-order valence-corrected chi connectivity index (χ3v) is 3.68. The predicted octanol–water partition coefficient (Wildman–Crippen LogP) is 4.21. The van der Waals surface area contributed by atoms with Gasteiger partial charge in [0.25, 0.3) is 5.91 Å². The van der Waals surface area contributed by atoms with Crippen LogP contribution in [0.1, 0.15) is 28.9 Å². The van der Waals surface area contributed by atoms with Crippen molar-refractivity contribution in [2.75, 3.05) is 5.73 Å². The van der Waals surface area contributed by atoms with Gasteiger partial charge in [0.1, 0.15) is 5.82 Å². The quantitative estimate of drug-likeness (QED) is 0.830. The van der Waals surface area contributed by atoms with Gasteiger partial charge in [-0.05, 0) is 36.8 Å². The maximum Gasteiger partial charge on any atom is 0.251 e. The van der Waals surface area contributed by atoms with Gasteiger partial charge in [0.2, 0.25) is 0 Å².